The van der Waals surface area contributed by atoms with Gasteiger partial charge in [-0.15, -0.1) is 0 Å². The van der Waals surface area contributed by atoms with Gasteiger partial charge in [0.15, 0.2) is 0 Å². The minimum Gasteiger partial charge on any atom is -0.384 e. The fourth-order valence-electron chi connectivity index (χ4n) is 4.93. The van der Waals surface area contributed by atoms with E-state index in [1.807, 2.05) is 30.3 Å². The minimum absolute atomic E-state index is 0.159. The van der Waals surface area contributed by atoms with Gasteiger partial charge in [0.25, 0.3) is 5.91 Å². The number of benzene rings is 1. The fourth-order valence-corrected chi connectivity index (χ4v) is 4.93. The van der Waals surface area contributed by atoms with E-state index in [0.29, 0.717) is 24.3 Å². The van der Waals surface area contributed by atoms with Crippen molar-refractivity contribution < 1.29 is 14.4 Å². The molecule has 1 fully saturated rings. The SMILES string of the molecule is Nc1ccc(N2Cc3cn(-c4ccc5c(c4)CN(C4CCC(=O)NC4=O)C5=O)cc3C2)cn1. The van der Waals surface area contributed by atoms with E-state index in [4.69, 9.17) is 5.73 Å². The lowest BCUT2D eigenvalue weighted by atomic mass is 10.0. The molecule has 0 bridgehead atoms. The Morgan fingerprint density at radius 3 is 2.39 bits per heavy atom. The van der Waals surface area contributed by atoms with Gasteiger partial charge in [-0.25, -0.2) is 4.98 Å². The number of carbonyl (C=O) groups excluding carboxylic acids is 3. The van der Waals surface area contributed by atoms with Crippen LogP contribution in [-0.2, 0) is 29.2 Å². The van der Waals surface area contributed by atoms with Gasteiger partial charge in [-0.2, -0.15) is 0 Å². The Kier molecular flexibility index (Phi) is 4.26. The molecule has 1 saturated heterocycles. The van der Waals surface area contributed by atoms with Gasteiger partial charge in [-0.05, 0) is 53.4 Å². The highest BCUT2D eigenvalue weighted by Gasteiger charge is 2.39. The maximum absolute atomic E-state index is 12.9. The number of piperidine rings is 1. The first-order valence-corrected chi connectivity index (χ1v) is 10.9. The molecule has 3 N–H and O–H groups in total. The van der Waals surface area contributed by atoms with Crippen molar-refractivity contribution in [1.82, 2.24) is 19.8 Å². The van der Waals surface area contributed by atoms with E-state index in [9.17, 15) is 14.4 Å². The summed E-state index contributed by atoms with van der Waals surface area (Å²) in [5.41, 5.74) is 11.7. The number of fused-ring (bicyclic) bond motifs is 2. The molecule has 33 heavy (non-hydrogen) atoms. The molecule has 3 aromatic rings. The van der Waals surface area contributed by atoms with Gasteiger partial charge in [-0.1, -0.05) is 0 Å². The molecule has 3 aliphatic heterocycles. The molecule has 3 amide bonds. The van der Waals surface area contributed by atoms with Gasteiger partial charge in [0.1, 0.15) is 11.9 Å². The van der Waals surface area contributed by atoms with Crippen molar-refractivity contribution in [3.05, 3.63) is 71.2 Å². The van der Waals surface area contributed by atoms with Crippen molar-refractivity contribution in [3.8, 4) is 5.69 Å². The average molecular weight is 442 g/mol. The normalized spacial score (nSPS) is 19.6. The largest absolute Gasteiger partial charge is 0.384 e. The summed E-state index contributed by atoms with van der Waals surface area (Å²) < 4.78 is 2.09. The first-order valence-electron chi connectivity index (χ1n) is 10.9. The predicted octanol–water partition coefficient (Wildman–Crippen LogP) is 1.74. The topological polar surface area (TPSA) is 114 Å². The second kappa shape index (κ2) is 7.19. The molecule has 2 aromatic heterocycles. The summed E-state index contributed by atoms with van der Waals surface area (Å²) in [7, 11) is 0. The third-order valence-electron chi connectivity index (χ3n) is 6.67. The van der Waals surface area contributed by atoms with Crippen molar-refractivity contribution in [2.24, 2.45) is 0 Å². The van der Waals surface area contributed by atoms with Gasteiger partial charge in [0, 0.05) is 49.7 Å². The molecule has 1 atom stereocenters. The highest BCUT2D eigenvalue weighted by molar-refractivity contribution is 6.05. The van der Waals surface area contributed by atoms with Crippen molar-refractivity contribution in [3.63, 3.8) is 0 Å². The Labute approximate surface area is 189 Å². The number of amides is 3. The number of imide groups is 1. The lowest BCUT2D eigenvalue weighted by Gasteiger charge is -2.29. The van der Waals surface area contributed by atoms with Crippen LogP contribution in [0, 0.1) is 0 Å². The quantitative estimate of drug-likeness (QED) is 0.598. The molecule has 3 aliphatic rings. The molecule has 166 valence electrons. The Morgan fingerprint density at radius 2 is 1.70 bits per heavy atom. The Hall–Kier alpha value is -4.14. The number of anilines is 2. The average Bonchev–Trinajstić information content (AvgIpc) is 3.46. The van der Waals surface area contributed by atoms with Gasteiger partial charge < -0.3 is 20.1 Å². The number of aromatic nitrogens is 2. The molecule has 9 heteroatoms. The molecule has 1 aromatic carbocycles. The van der Waals surface area contributed by atoms with Gasteiger partial charge in [0.2, 0.25) is 11.8 Å². The lowest BCUT2D eigenvalue weighted by molar-refractivity contribution is -0.136. The van der Waals surface area contributed by atoms with Crippen LogP contribution in [0.4, 0.5) is 11.5 Å². The minimum atomic E-state index is -0.602. The first kappa shape index (κ1) is 19.5. The number of nitrogens with zero attached hydrogens (tertiary/aromatic N) is 4. The number of nitrogen functional groups attached to an aromatic ring is 1. The Balaban J connectivity index is 1.21. The third-order valence-corrected chi connectivity index (χ3v) is 6.67. The standard InChI is InChI=1S/C24H22N6O3/c25-21-5-2-18(8-26-21)29-11-15-9-28(10-16(15)12-29)17-1-3-19-14(7-17)13-30(24(19)33)20-4-6-22(31)27-23(20)32/h1-3,5,7-10,20H,4,6,11-13H2,(H2,25,26)(H,27,31,32). The number of rotatable bonds is 3. The number of carbonyl (C=O) groups is 3. The molecule has 5 heterocycles. The van der Waals surface area contributed by atoms with Crippen LogP contribution in [0.5, 0.6) is 0 Å². The number of nitrogens with one attached hydrogen (secondary N) is 1. The summed E-state index contributed by atoms with van der Waals surface area (Å²) in [5.74, 6) is -0.326. The van der Waals surface area contributed by atoms with Gasteiger partial charge >= 0.3 is 0 Å². The fraction of sp³-hybridized carbons (Fsp3) is 0.250. The Morgan fingerprint density at radius 1 is 0.939 bits per heavy atom. The third kappa shape index (κ3) is 3.24. The molecule has 0 radical (unpaired) electrons. The highest BCUT2D eigenvalue weighted by Crippen LogP contribution is 2.32. The second-order valence-corrected chi connectivity index (χ2v) is 8.75. The van der Waals surface area contributed by atoms with Crippen LogP contribution in [0.1, 0.15) is 39.9 Å². The van der Waals surface area contributed by atoms with Crippen LogP contribution < -0.4 is 16.0 Å². The van der Waals surface area contributed by atoms with Crippen LogP contribution in [0.25, 0.3) is 5.69 Å². The van der Waals surface area contributed by atoms with E-state index in [1.165, 1.54) is 11.1 Å². The lowest BCUT2D eigenvalue weighted by Crippen LogP contribution is -2.52. The highest BCUT2D eigenvalue weighted by atomic mass is 16.2. The van der Waals surface area contributed by atoms with Gasteiger partial charge in [-0.3, -0.25) is 19.7 Å². The maximum Gasteiger partial charge on any atom is 0.255 e. The second-order valence-electron chi connectivity index (χ2n) is 8.75. The van der Waals surface area contributed by atoms with E-state index in [1.54, 1.807) is 11.1 Å². The summed E-state index contributed by atoms with van der Waals surface area (Å²) in [5, 5.41) is 2.34. The van der Waals surface area contributed by atoms with Crippen molar-refractivity contribution in [1.29, 1.82) is 0 Å². The molecule has 0 aliphatic carbocycles. The first-order chi connectivity index (χ1) is 16.0. The number of hydrogen-bond acceptors (Lipinski definition) is 6. The van der Waals surface area contributed by atoms with E-state index in [0.717, 1.165) is 30.0 Å². The Bertz CT molecular complexity index is 1290. The molecule has 0 saturated carbocycles. The zero-order chi connectivity index (χ0) is 22.7. The predicted molar refractivity (Wildman–Crippen MR) is 120 cm³/mol. The number of hydrogen-bond donors (Lipinski definition) is 2. The molecule has 0 spiro atoms. The number of pyridine rings is 1. The van der Waals surface area contributed by atoms with Crippen LogP contribution in [0.3, 0.4) is 0 Å². The number of nitrogens with two attached hydrogens (primary N) is 1. The van der Waals surface area contributed by atoms with Crippen molar-refractivity contribution in [2.75, 3.05) is 10.6 Å². The van der Waals surface area contributed by atoms with Crippen LogP contribution in [-0.4, -0.2) is 38.2 Å². The van der Waals surface area contributed by atoms with E-state index in [2.05, 4.69) is 32.2 Å². The van der Waals surface area contributed by atoms with Crippen molar-refractivity contribution >= 4 is 29.2 Å². The van der Waals surface area contributed by atoms with Crippen LogP contribution in [0.2, 0.25) is 0 Å². The monoisotopic (exact) mass is 442 g/mol. The van der Waals surface area contributed by atoms with Crippen LogP contribution in [0.15, 0.2) is 48.9 Å². The van der Waals surface area contributed by atoms with E-state index >= 15 is 0 Å². The van der Waals surface area contributed by atoms with Crippen LogP contribution >= 0.6 is 0 Å². The molecule has 6 rings (SSSR count). The molecular formula is C24H22N6O3. The summed E-state index contributed by atoms with van der Waals surface area (Å²) in [6.07, 6.45) is 6.65. The summed E-state index contributed by atoms with van der Waals surface area (Å²) >= 11 is 0. The molecule has 1 unspecified atom stereocenters. The molecule has 9 nitrogen and oxygen atoms in total. The maximum atomic E-state index is 12.9. The smallest absolute Gasteiger partial charge is 0.255 e. The molecular weight excluding hydrogens is 420 g/mol. The zero-order valence-corrected chi connectivity index (χ0v) is 17.8. The summed E-state index contributed by atoms with van der Waals surface area (Å²) in [6.45, 7) is 1.95. The van der Waals surface area contributed by atoms with E-state index < -0.39 is 11.9 Å². The summed E-state index contributed by atoms with van der Waals surface area (Å²) in [6, 6.07) is 8.96. The van der Waals surface area contributed by atoms with Gasteiger partial charge in [0.05, 0.1) is 11.9 Å². The van der Waals surface area contributed by atoms with Crippen molar-refractivity contribution in [2.45, 2.75) is 38.5 Å². The zero-order valence-electron chi connectivity index (χ0n) is 17.8. The summed E-state index contributed by atoms with van der Waals surface area (Å²) in [4.78, 5) is 44.6. The van der Waals surface area contributed by atoms with E-state index in [-0.39, 0.29) is 18.2 Å².